The van der Waals surface area contributed by atoms with E-state index >= 15 is 0 Å². The fraction of sp³-hybridized carbons (Fsp3) is 0. The van der Waals surface area contributed by atoms with E-state index in [1.165, 1.54) is 17.1 Å². The first-order valence-corrected chi connectivity index (χ1v) is 5.27. The van der Waals surface area contributed by atoms with E-state index in [2.05, 4.69) is 10.1 Å². The van der Waals surface area contributed by atoms with Crippen molar-refractivity contribution in [2.75, 3.05) is 0 Å². The zero-order valence-electron chi connectivity index (χ0n) is 7.75. The molecule has 2 aromatic rings. The molecule has 0 bridgehead atoms. The van der Waals surface area contributed by atoms with E-state index in [1.54, 1.807) is 0 Å². The van der Waals surface area contributed by atoms with Crippen LogP contribution in [0.25, 0.3) is 5.13 Å². The van der Waals surface area contributed by atoms with Crippen molar-refractivity contribution in [1.82, 2.24) is 14.8 Å². The minimum atomic E-state index is -0.579. The maximum atomic E-state index is 10.8. The van der Waals surface area contributed by atoms with Crippen LogP contribution in [0.5, 0.6) is 0 Å². The molecule has 0 aromatic carbocycles. The van der Waals surface area contributed by atoms with E-state index in [4.69, 9.17) is 17.3 Å². The molecule has 8 heteroatoms. The Labute approximate surface area is 98.7 Å². The van der Waals surface area contributed by atoms with E-state index < -0.39 is 5.91 Å². The van der Waals surface area contributed by atoms with Gasteiger partial charge in [-0.2, -0.15) is 5.10 Å². The predicted molar refractivity (Wildman–Crippen MR) is 58.2 cm³/mol. The third-order valence-electron chi connectivity index (χ3n) is 1.77. The highest BCUT2D eigenvalue weighted by Crippen LogP contribution is 2.23. The van der Waals surface area contributed by atoms with E-state index in [0.29, 0.717) is 16.3 Å². The van der Waals surface area contributed by atoms with Gasteiger partial charge in [-0.1, -0.05) is 22.9 Å². The first kappa shape index (κ1) is 10.8. The SMILES string of the molecule is NC(=O)c1cnn(-c2nc(Cl)c(C=O)s2)c1. The number of halogens is 1. The van der Waals surface area contributed by atoms with Gasteiger partial charge < -0.3 is 5.73 Å². The molecule has 0 aliphatic heterocycles. The fourth-order valence-electron chi connectivity index (χ4n) is 1.03. The standard InChI is InChI=1S/C8H5ClN4O2S/c9-6-5(3-14)16-8(12-6)13-2-4(1-11-13)7(10)15/h1-3H,(H2,10,15). The number of thiazole rings is 1. The van der Waals surface area contributed by atoms with Crippen LogP contribution in [0.15, 0.2) is 12.4 Å². The quantitative estimate of drug-likeness (QED) is 0.826. The molecule has 82 valence electrons. The Kier molecular flexibility index (Phi) is 2.71. The van der Waals surface area contributed by atoms with Crippen molar-refractivity contribution < 1.29 is 9.59 Å². The summed E-state index contributed by atoms with van der Waals surface area (Å²) in [6.07, 6.45) is 3.35. The summed E-state index contributed by atoms with van der Waals surface area (Å²) >= 11 is 6.77. The first-order valence-electron chi connectivity index (χ1n) is 4.08. The molecular formula is C8H5ClN4O2S. The summed E-state index contributed by atoms with van der Waals surface area (Å²) in [5.41, 5.74) is 5.34. The number of carbonyl (C=O) groups is 2. The van der Waals surface area contributed by atoms with Crippen LogP contribution >= 0.6 is 22.9 Å². The van der Waals surface area contributed by atoms with Crippen molar-refractivity contribution in [3.8, 4) is 5.13 Å². The third-order valence-corrected chi connectivity index (χ3v) is 3.14. The summed E-state index contributed by atoms with van der Waals surface area (Å²) in [4.78, 5) is 25.6. The second-order valence-corrected chi connectivity index (χ2v) is 4.17. The molecule has 16 heavy (non-hydrogen) atoms. The molecule has 0 unspecified atom stereocenters. The predicted octanol–water partition coefficient (Wildman–Crippen LogP) is 0.894. The maximum absolute atomic E-state index is 10.8. The summed E-state index contributed by atoms with van der Waals surface area (Å²) in [7, 11) is 0. The van der Waals surface area contributed by atoms with E-state index in [-0.39, 0.29) is 10.7 Å². The largest absolute Gasteiger partial charge is 0.366 e. The number of aromatic nitrogens is 3. The van der Waals surface area contributed by atoms with Gasteiger partial charge in [0.2, 0.25) is 5.13 Å². The van der Waals surface area contributed by atoms with Crippen LogP contribution in [0.4, 0.5) is 0 Å². The Balaban J connectivity index is 2.42. The second kappa shape index (κ2) is 4.03. The summed E-state index contributed by atoms with van der Waals surface area (Å²) < 4.78 is 1.34. The van der Waals surface area contributed by atoms with Crippen LogP contribution in [-0.2, 0) is 0 Å². The first-order chi connectivity index (χ1) is 7.61. The molecule has 1 amide bonds. The van der Waals surface area contributed by atoms with Crippen LogP contribution in [0, 0.1) is 0 Å². The molecule has 6 nitrogen and oxygen atoms in total. The van der Waals surface area contributed by atoms with Gasteiger partial charge in [-0.15, -0.1) is 0 Å². The molecule has 2 aromatic heterocycles. The highest BCUT2D eigenvalue weighted by molar-refractivity contribution is 7.16. The number of aldehydes is 1. The lowest BCUT2D eigenvalue weighted by Gasteiger charge is -1.91. The molecule has 2 heterocycles. The number of hydrogen-bond acceptors (Lipinski definition) is 5. The summed E-state index contributed by atoms with van der Waals surface area (Å²) in [6.45, 7) is 0. The molecule has 0 atom stereocenters. The molecule has 0 saturated carbocycles. The zero-order chi connectivity index (χ0) is 11.7. The molecule has 0 fully saturated rings. The van der Waals surface area contributed by atoms with Crippen molar-refractivity contribution in [1.29, 1.82) is 0 Å². The van der Waals surface area contributed by atoms with Crippen LogP contribution in [0.1, 0.15) is 20.0 Å². The van der Waals surface area contributed by atoms with E-state index in [1.807, 2.05) is 0 Å². The highest BCUT2D eigenvalue weighted by Gasteiger charge is 2.12. The topological polar surface area (TPSA) is 90.9 Å². The number of hydrogen-bond donors (Lipinski definition) is 1. The molecule has 0 saturated heterocycles. The van der Waals surface area contributed by atoms with Crippen molar-refractivity contribution in [2.24, 2.45) is 5.73 Å². The Morgan fingerprint density at radius 2 is 2.38 bits per heavy atom. The van der Waals surface area contributed by atoms with Gasteiger partial charge in [-0.05, 0) is 0 Å². The van der Waals surface area contributed by atoms with Gasteiger partial charge in [0.25, 0.3) is 5.91 Å². The minimum Gasteiger partial charge on any atom is -0.366 e. The summed E-state index contributed by atoms with van der Waals surface area (Å²) in [5, 5.41) is 4.40. The Bertz CT molecular complexity index is 562. The summed E-state index contributed by atoms with van der Waals surface area (Å²) in [6, 6.07) is 0. The minimum absolute atomic E-state index is 0.117. The lowest BCUT2D eigenvalue weighted by molar-refractivity contribution is 0.1000. The van der Waals surface area contributed by atoms with Gasteiger partial charge in [0.15, 0.2) is 11.4 Å². The number of carbonyl (C=O) groups excluding carboxylic acids is 2. The van der Waals surface area contributed by atoms with Gasteiger partial charge in [0.1, 0.15) is 4.88 Å². The van der Waals surface area contributed by atoms with Crippen molar-refractivity contribution >= 4 is 35.1 Å². The highest BCUT2D eigenvalue weighted by atomic mass is 35.5. The van der Waals surface area contributed by atoms with Crippen molar-refractivity contribution in [3.05, 3.63) is 28.0 Å². The number of primary amides is 1. The van der Waals surface area contributed by atoms with Crippen LogP contribution in [0.2, 0.25) is 5.15 Å². The normalized spacial score (nSPS) is 10.3. The average molecular weight is 257 g/mol. The van der Waals surface area contributed by atoms with Crippen LogP contribution in [0.3, 0.4) is 0 Å². The number of amides is 1. The van der Waals surface area contributed by atoms with Crippen molar-refractivity contribution in [3.63, 3.8) is 0 Å². The number of nitrogens with zero attached hydrogens (tertiary/aromatic N) is 3. The fourth-order valence-corrected chi connectivity index (χ4v) is 2.02. The van der Waals surface area contributed by atoms with Gasteiger partial charge >= 0.3 is 0 Å². The lowest BCUT2D eigenvalue weighted by atomic mass is 10.4. The van der Waals surface area contributed by atoms with E-state index in [9.17, 15) is 9.59 Å². The van der Waals surface area contributed by atoms with Crippen LogP contribution < -0.4 is 5.73 Å². The van der Waals surface area contributed by atoms with Gasteiger partial charge in [0, 0.05) is 6.20 Å². The lowest BCUT2D eigenvalue weighted by Crippen LogP contribution is -2.09. The average Bonchev–Trinajstić information content (AvgIpc) is 2.83. The molecule has 0 aliphatic rings. The zero-order valence-corrected chi connectivity index (χ0v) is 9.33. The number of nitrogens with two attached hydrogens (primary N) is 1. The monoisotopic (exact) mass is 256 g/mol. The Hall–Kier alpha value is -1.73. The molecule has 0 aliphatic carbocycles. The van der Waals surface area contributed by atoms with Gasteiger partial charge in [0.05, 0.1) is 11.8 Å². The molecular weight excluding hydrogens is 252 g/mol. The van der Waals surface area contributed by atoms with Gasteiger partial charge in [-0.25, -0.2) is 9.67 Å². The van der Waals surface area contributed by atoms with Gasteiger partial charge in [-0.3, -0.25) is 9.59 Å². The molecule has 0 spiro atoms. The van der Waals surface area contributed by atoms with Crippen LogP contribution in [-0.4, -0.2) is 27.0 Å². The Morgan fingerprint density at radius 3 is 2.88 bits per heavy atom. The molecule has 2 N–H and O–H groups in total. The maximum Gasteiger partial charge on any atom is 0.251 e. The number of rotatable bonds is 3. The van der Waals surface area contributed by atoms with E-state index in [0.717, 1.165) is 11.3 Å². The Morgan fingerprint density at radius 1 is 1.62 bits per heavy atom. The van der Waals surface area contributed by atoms with Crippen molar-refractivity contribution in [2.45, 2.75) is 0 Å². The summed E-state index contributed by atoms with van der Waals surface area (Å²) in [5.74, 6) is -0.579. The molecule has 2 rings (SSSR count). The third kappa shape index (κ3) is 1.82. The smallest absolute Gasteiger partial charge is 0.251 e. The second-order valence-electron chi connectivity index (χ2n) is 2.81. The molecule has 0 radical (unpaired) electrons.